The summed E-state index contributed by atoms with van der Waals surface area (Å²) in [6.45, 7) is 0. The van der Waals surface area contributed by atoms with E-state index in [1.54, 1.807) is 6.20 Å². The van der Waals surface area contributed by atoms with Crippen LogP contribution in [0.2, 0.25) is 0 Å². The molecule has 0 saturated carbocycles. The SMILES string of the molecule is O=C(Cc1nc(C(F)F)cs1)c1cc(Oc2cncnc2)cn2ncnc12. The van der Waals surface area contributed by atoms with E-state index in [2.05, 4.69) is 25.0 Å². The molecular formula is C16H10F2N6O2S. The van der Waals surface area contributed by atoms with Crippen molar-refractivity contribution in [3.8, 4) is 11.5 Å². The molecule has 0 aliphatic rings. The van der Waals surface area contributed by atoms with E-state index in [1.165, 1.54) is 41.0 Å². The minimum Gasteiger partial charge on any atom is -0.452 e. The summed E-state index contributed by atoms with van der Waals surface area (Å²) in [5.74, 6) is 0.383. The second-order valence-corrected chi connectivity index (χ2v) is 6.30. The topological polar surface area (TPSA) is 95.2 Å². The van der Waals surface area contributed by atoms with Crippen molar-refractivity contribution in [1.82, 2.24) is 29.5 Å². The number of hydrogen-bond acceptors (Lipinski definition) is 8. The summed E-state index contributed by atoms with van der Waals surface area (Å²) in [5.41, 5.74) is 0.245. The molecular weight excluding hydrogens is 378 g/mol. The van der Waals surface area contributed by atoms with E-state index in [9.17, 15) is 13.6 Å². The lowest BCUT2D eigenvalue weighted by Crippen LogP contribution is -2.07. The highest BCUT2D eigenvalue weighted by Gasteiger charge is 2.19. The quantitative estimate of drug-likeness (QED) is 0.468. The first kappa shape index (κ1) is 17.1. The molecule has 0 bridgehead atoms. The molecule has 0 radical (unpaired) electrons. The second kappa shape index (κ2) is 7.11. The molecule has 0 amide bonds. The Bertz CT molecular complexity index is 1100. The standard InChI is InChI=1S/C16H10F2N6O2S/c17-15(18)12-6-27-14(23-12)2-13(25)11-1-9(5-24-16(11)21-8-22-24)26-10-3-19-7-20-4-10/h1,3-8,15H,2H2. The van der Waals surface area contributed by atoms with Gasteiger partial charge in [-0.3, -0.25) is 4.79 Å². The maximum Gasteiger partial charge on any atom is 0.281 e. The Morgan fingerprint density at radius 2 is 2.04 bits per heavy atom. The average molecular weight is 388 g/mol. The van der Waals surface area contributed by atoms with Crippen LogP contribution in [0.15, 0.2) is 42.7 Å². The number of carbonyl (C=O) groups excluding carboxylic acids is 1. The number of pyridine rings is 1. The van der Waals surface area contributed by atoms with Crippen LogP contribution >= 0.6 is 11.3 Å². The monoisotopic (exact) mass is 388 g/mol. The number of alkyl halides is 2. The van der Waals surface area contributed by atoms with Crippen molar-refractivity contribution in [3.05, 3.63) is 59.0 Å². The normalized spacial score (nSPS) is 11.2. The molecule has 11 heteroatoms. The lowest BCUT2D eigenvalue weighted by Gasteiger charge is -2.08. The van der Waals surface area contributed by atoms with Crippen molar-refractivity contribution in [2.45, 2.75) is 12.8 Å². The Hall–Kier alpha value is -3.34. The number of nitrogens with zero attached hydrogens (tertiary/aromatic N) is 6. The molecule has 4 aromatic rings. The molecule has 4 aromatic heterocycles. The van der Waals surface area contributed by atoms with Gasteiger partial charge in [-0.1, -0.05) is 0 Å². The maximum atomic E-state index is 12.7. The molecule has 0 spiro atoms. The van der Waals surface area contributed by atoms with Gasteiger partial charge < -0.3 is 4.74 Å². The Kier molecular flexibility index (Phi) is 4.50. The van der Waals surface area contributed by atoms with Gasteiger partial charge in [-0.25, -0.2) is 33.2 Å². The minimum absolute atomic E-state index is 0.127. The molecule has 0 fully saturated rings. The number of hydrogen-bond donors (Lipinski definition) is 0. The van der Waals surface area contributed by atoms with Crippen molar-refractivity contribution in [2.24, 2.45) is 0 Å². The molecule has 0 N–H and O–H groups in total. The molecule has 0 aromatic carbocycles. The zero-order valence-electron chi connectivity index (χ0n) is 13.5. The van der Waals surface area contributed by atoms with E-state index < -0.39 is 6.43 Å². The van der Waals surface area contributed by atoms with Crippen LogP contribution in [-0.2, 0) is 6.42 Å². The number of Topliss-reactive ketones (excluding diaryl/α,β-unsaturated/α-hetero) is 1. The first-order valence-electron chi connectivity index (χ1n) is 7.62. The number of carbonyl (C=O) groups is 1. The summed E-state index contributed by atoms with van der Waals surface area (Å²) in [4.78, 5) is 28.3. The predicted molar refractivity (Wildman–Crippen MR) is 90.2 cm³/mol. The molecule has 0 aliphatic carbocycles. The van der Waals surface area contributed by atoms with Crippen LogP contribution in [0.4, 0.5) is 8.78 Å². The van der Waals surface area contributed by atoms with Gasteiger partial charge in [0.15, 0.2) is 17.2 Å². The molecule has 0 unspecified atom stereocenters. The van der Waals surface area contributed by atoms with E-state index in [4.69, 9.17) is 4.74 Å². The molecule has 0 aliphatic heterocycles. The predicted octanol–water partition coefficient (Wildman–Crippen LogP) is 3.13. The fourth-order valence-electron chi connectivity index (χ4n) is 2.38. The molecule has 0 atom stereocenters. The third kappa shape index (κ3) is 3.62. The maximum absolute atomic E-state index is 12.7. The number of aromatic nitrogens is 6. The summed E-state index contributed by atoms with van der Waals surface area (Å²) < 4.78 is 32.4. The van der Waals surface area contributed by atoms with Crippen LogP contribution in [0.5, 0.6) is 11.5 Å². The molecule has 4 heterocycles. The summed E-state index contributed by atoms with van der Waals surface area (Å²) in [7, 11) is 0. The first-order chi connectivity index (χ1) is 13.1. The minimum atomic E-state index is -2.67. The van der Waals surface area contributed by atoms with Crippen LogP contribution in [0.25, 0.3) is 5.65 Å². The lowest BCUT2D eigenvalue weighted by molar-refractivity contribution is 0.0992. The van der Waals surface area contributed by atoms with E-state index >= 15 is 0 Å². The number of thiazole rings is 1. The fourth-order valence-corrected chi connectivity index (χ4v) is 3.16. The summed E-state index contributed by atoms with van der Waals surface area (Å²) >= 11 is 1.01. The molecule has 8 nitrogen and oxygen atoms in total. The van der Waals surface area contributed by atoms with Gasteiger partial charge in [0.05, 0.1) is 30.6 Å². The van der Waals surface area contributed by atoms with Crippen LogP contribution in [0, 0.1) is 0 Å². The van der Waals surface area contributed by atoms with E-state index in [0.717, 1.165) is 11.3 Å². The zero-order valence-corrected chi connectivity index (χ0v) is 14.3. The second-order valence-electron chi connectivity index (χ2n) is 5.36. The number of halogens is 2. The summed E-state index contributed by atoms with van der Waals surface area (Å²) in [5, 5.41) is 5.57. The van der Waals surface area contributed by atoms with Crippen LogP contribution in [0.3, 0.4) is 0 Å². The molecule has 4 rings (SSSR count). The van der Waals surface area contributed by atoms with Gasteiger partial charge in [0.1, 0.15) is 29.1 Å². The molecule has 136 valence electrons. The number of ether oxygens (including phenoxy) is 1. The number of rotatable bonds is 6. The Morgan fingerprint density at radius 1 is 1.22 bits per heavy atom. The number of fused-ring (bicyclic) bond motifs is 1. The van der Waals surface area contributed by atoms with Crippen LogP contribution < -0.4 is 4.74 Å². The fraction of sp³-hybridized carbons (Fsp3) is 0.125. The summed E-state index contributed by atoms with van der Waals surface area (Å²) in [6, 6.07) is 1.51. The van der Waals surface area contributed by atoms with Gasteiger partial charge in [-0.05, 0) is 6.07 Å². The Labute approximate surface area is 154 Å². The average Bonchev–Trinajstić information content (AvgIpc) is 3.31. The highest BCUT2D eigenvalue weighted by atomic mass is 32.1. The number of ketones is 1. The highest BCUT2D eigenvalue weighted by molar-refractivity contribution is 7.09. The largest absolute Gasteiger partial charge is 0.452 e. The highest BCUT2D eigenvalue weighted by Crippen LogP contribution is 2.25. The lowest BCUT2D eigenvalue weighted by atomic mass is 10.1. The van der Waals surface area contributed by atoms with Gasteiger partial charge in [-0.15, -0.1) is 11.3 Å². The van der Waals surface area contributed by atoms with Gasteiger partial charge in [0.25, 0.3) is 6.43 Å². The summed E-state index contributed by atoms with van der Waals surface area (Å²) in [6.07, 6.45) is 4.38. The van der Waals surface area contributed by atoms with E-state index in [1.807, 2.05) is 0 Å². The Morgan fingerprint density at radius 3 is 2.78 bits per heavy atom. The molecule has 27 heavy (non-hydrogen) atoms. The van der Waals surface area contributed by atoms with E-state index in [0.29, 0.717) is 22.2 Å². The van der Waals surface area contributed by atoms with E-state index in [-0.39, 0.29) is 23.5 Å². The van der Waals surface area contributed by atoms with Gasteiger partial charge >= 0.3 is 0 Å². The Balaban J connectivity index is 1.65. The third-order valence-electron chi connectivity index (χ3n) is 3.53. The van der Waals surface area contributed by atoms with Crippen LogP contribution in [0.1, 0.15) is 27.5 Å². The smallest absolute Gasteiger partial charge is 0.281 e. The molecule has 0 saturated heterocycles. The first-order valence-corrected chi connectivity index (χ1v) is 8.50. The van der Waals surface area contributed by atoms with Crippen molar-refractivity contribution in [3.63, 3.8) is 0 Å². The van der Waals surface area contributed by atoms with Gasteiger partial charge in [0.2, 0.25) is 0 Å². The van der Waals surface area contributed by atoms with Crippen molar-refractivity contribution in [2.75, 3.05) is 0 Å². The van der Waals surface area contributed by atoms with Crippen LogP contribution in [-0.4, -0.2) is 35.3 Å². The van der Waals surface area contributed by atoms with Gasteiger partial charge in [-0.2, -0.15) is 5.10 Å². The zero-order chi connectivity index (χ0) is 18.8. The van der Waals surface area contributed by atoms with Crippen molar-refractivity contribution < 1.29 is 18.3 Å². The van der Waals surface area contributed by atoms with Crippen molar-refractivity contribution in [1.29, 1.82) is 0 Å². The van der Waals surface area contributed by atoms with Crippen molar-refractivity contribution >= 4 is 22.8 Å². The van der Waals surface area contributed by atoms with Gasteiger partial charge in [0, 0.05) is 5.38 Å². The third-order valence-corrected chi connectivity index (χ3v) is 4.40.